The van der Waals surface area contributed by atoms with Crippen LogP contribution in [0.1, 0.15) is 24.0 Å². The first-order valence-corrected chi connectivity index (χ1v) is 16.5. The van der Waals surface area contributed by atoms with Crippen LogP contribution < -0.4 is 21.1 Å². The second-order valence-corrected chi connectivity index (χ2v) is 12.3. The monoisotopic (exact) mass is 669 g/mol. The zero-order valence-corrected chi connectivity index (χ0v) is 27.5. The number of carbonyl (C=O) groups excluding carboxylic acids is 1. The number of aromatic nitrogens is 2. The molecule has 0 atom stereocenters. The highest BCUT2D eigenvalue weighted by Gasteiger charge is 2.20. The Morgan fingerprint density at radius 2 is 1.70 bits per heavy atom. The fourth-order valence-electron chi connectivity index (χ4n) is 5.76. The van der Waals surface area contributed by atoms with E-state index in [0.717, 1.165) is 79.0 Å². The molecule has 0 unspecified atom stereocenters. The van der Waals surface area contributed by atoms with Gasteiger partial charge in [0.05, 0.1) is 0 Å². The van der Waals surface area contributed by atoms with E-state index in [1.54, 1.807) is 12.1 Å². The molecule has 0 aliphatic carbocycles. The van der Waals surface area contributed by atoms with E-state index in [4.69, 9.17) is 38.7 Å². The number of aryl methyl sites for hydroxylation is 1. The van der Waals surface area contributed by atoms with Crippen molar-refractivity contribution < 1.29 is 13.9 Å². The summed E-state index contributed by atoms with van der Waals surface area (Å²) < 4.78 is 19.9. The summed E-state index contributed by atoms with van der Waals surface area (Å²) in [4.78, 5) is 21.9. The van der Waals surface area contributed by atoms with Crippen molar-refractivity contribution in [3.05, 3.63) is 82.1 Å². The van der Waals surface area contributed by atoms with Crippen LogP contribution >= 0.6 is 23.2 Å². The molecule has 1 aliphatic heterocycles. The summed E-state index contributed by atoms with van der Waals surface area (Å²) in [6.45, 7) is 7.52. The molecule has 1 saturated heterocycles. The summed E-state index contributed by atoms with van der Waals surface area (Å²) in [5, 5.41) is 8.60. The SMILES string of the molecule is NCCNCCC(=O)NCCCn1cc(-c2ccc(OCF)cc2)c2cc(CN3CCN(Cc4c(Cl)cccc4Cl)CC3)cnc21. The molecule has 2 aromatic carbocycles. The zero-order chi connectivity index (χ0) is 32.3. The van der Waals surface area contributed by atoms with Crippen LogP contribution in [-0.4, -0.2) is 84.5 Å². The maximum atomic E-state index is 12.7. The number of rotatable bonds is 16. The molecule has 0 spiro atoms. The van der Waals surface area contributed by atoms with Gasteiger partial charge < -0.3 is 25.7 Å². The molecule has 0 saturated carbocycles. The van der Waals surface area contributed by atoms with Gasteiger partial charge in [-0.05, 0) is 47.9 Å². The first-order chi connectivity index (χ1) is 22.4. The Kier molecular flexibility index (Phi) is 12.6. The topological polar surface area (TPSA) is 101 Å². The molecule has 1 aliphatic rings. The number of carbonyl (C=O) groups is 1. The normalized spacial score (nSPS) is 14.2. The van der Waals surface area contributed by atoms with Crippen molar-refractivity contribution in [1.82, 2.24) is 30.0 Å². The molecule has 0 radical (unpaired) electrons. The summed E-state index contributed by atoms with van der Waals surface area (Å²) in [5.41, 5.74) is 10.5. The Labute approximate surface area is 279 Å². The van der Waals surface area contributed by atoms with Gasteiger partial charge in [0.25, 0.3) is 0 Å². The minimum Gasteiger partial charge on any atom is -0.463 e. The highest BCUT2D eigenvalue weighted by atomic mass is 35.5. The molecule has 1 fully saturated rings. The van der Waals surface area contributed by atoms with Crippen molar-refractivity contribution in [2.75, 3.05) is 59.2 Å². The van der Waals surface area contributed by atoms with Gasteiger partial charge in [-0.3, -0.25) is 14.6 Å². The Hall–Kier alpha value is -3.25. The molecular formula is C34H42Cl2FN7O2. The smallest absolute Gasteiger partial charge is 0.228 e. The Morgan fingerprint density at radius 3 is 2.39 bits per heavy atom. The largest absolute Gasteiger partial charge is 0.463 e. The maximum Gasteiger partial charge on any atom is 0.228 e. The van der Waals surface area contributed by atoms with Gasteiger partial charge in [0.15, 0.2) is 0 Å². The number of ether oxygens (including phenoxy) is 1. The number of alkyl halides is 1. The van der Waals surface area contributed by atoms with Crippen LogP contribution in [0, 0.1) is 0 Å². The van der Waals surface area contributed by atoms with Gasteiger partial charge in [-0.15, -0.1) is 0 Å². The number of nitrogens with one attached hydrogen (secondary N) is 2. The number of hydrogen-bond acceptors (Lipinski definition) is 7. The van der Waals surface area contributed by atoms with Crippen LogP contribution in [0.15, 0.2) is 60.9 Å². The summed E-state index contributed by atoms with van der Waals surface area (Å²) in [7, 11) is 0. The van der Waals surface area contributed by atoms with Crippen LogP contribution in [0.5, 0.6) is 5.75 Å². The summed E-state index contributed by atoms with van der Waals surface area (Å²) in [6.07, 6.45) is 5.27. The van der Waals surface area contributed by atoms with E-state index in [9.17, 15) is 9.18 Å². The molecule has 4 aromatic rings. The number of fused-ring (bicyclic) bond motifs is 1. The number of nitrogens with two attached hydrogens (primary N) is 1. The quantitative estimate of drug-likeness (QED) is 0.143. The van der Waals surface area contributed by atoms with Crippen molar-refractivity contribution in [2.45, 2.75) is 32.5 Å². The van der Waals surface area contributed by atoms with E-state index in [2.05, 4.69) is 37.3 Å². The third-order valence-corrected chi connectivity index (χ3v) is 8.93. The van der Waals surface area contributed by atoms with Crippen molar-refractivity contribution in [1.29, 1.82) is 0 Å². The number of piperazine rings is 1. The van der Waals surface area contributed by atoms with Crippen molar-refractivity contribution >= 4 is 40.1 Å². The van der Waals surface area contributed by atoms with Crippen molar-refractivity contribution in [3.63, 3.8) is 0 Å². The van der Waals surface area contributed by atoms with E-state index >= 15 is 0 Å². The Morgan fingerprint density at radius 1 is 0.978 bits per heavy atom. The van der Waals surface area contributed by atoms with Crippen LogP contribution in [0.4, 0.5) is 4.39 Å². The van der Waals surface area contributed by atoms with E-state index in [-0.39, 0.29) is 5.91 Å². The lowest BCUT2D eigenvalue weighted by molar-refractivity contribution is -0.121. The summed E-state index contributed by atoms with van der Waals surface area (Å²) in [6, 6.07) is 15.3. The molecule has 246 valence electrons. The average molecular weight is 671 g/mol. The lowest BCUT2D eigenvalue weighted by atomic mass is 10.0. The number of halogens is 3. The number of hydrogen-bond donors (Lipinski definition) is 3. The lowest BCUT2D eigenvalue weighted by Gasteiger charge is -2.35. The van der Waals surface area contributed by atoms with Crippen LogP contribution in [-0.2, 0) is 24.4 Å². The number of pyridine rings is 1. The number of benzene rings is 2. The van der Waals surface area contributed by atoms with E-state index in [1.807, 2.05) is 36.5 Å². The van der Waals surface area contributed by atoms with E-state index in [1.165, 1.54) is 0 Å². The molecule has 3 heterocycles. The fourth-order valence-corrected chi connectivity index (χ4v) is 6.28. The summed E-state index contributed by atoms with van der Waals surface area (Å²) >= 11 is 12.8. The van der Waals surface area contributed by atoms with Gasteiger partial charge >= 0.3 is 0 Å². The number of amides is 1. The maximum absolute atomic E-state index is 12.7. The van der Waals surface area contributed by atoms with Crippen LogP contribution in [0.3, 0.4) is 0 Å². The first-order valence-electron chi connectivity index (χ1n) is 15.8. The molecule has 2 aromatic heterocycles. The second-order valence-electron chi connectivity index (χ2n) is 11.5. The third-order valence-electron chi connectivity index (χ3n) is 8.22. The minimum absolute atomic E-state index is 0.0226. The second kappa shape index (κ2) is 17.1. The molecular weight excluding hydrogens is 628 g/mol. The van der Waals surface area contributed by atoms with Crippen LogP contribution in [0.25, 0.3) is 22.2 Å². The number of nitrogens with zero attached hydrogens (tertiary/aromatic N) is 4. The predicted molar refractivity (Wildman–Crippen MR) is 183 cm³/mol. The molecule has 12 heteroatoms. The first kappa shape index (κ1) is 34.1. The molecule has 46 heavy (non-hydrogen) atoms. The summed E-state index contributed by atoms with van der Waals surface area (Å²) in [5.74, 6) is 0.508. The van der Waals surface area contributed by atoms with Gasteiger partial charge in [-0.2, -0.15) is 0 Å². The van der Waals surface area contributed by atoms with Gasteiger partial charge in [-0.1, -0.05) is 41.4 Å². The molecule has 4 N–H and O–H groups in total. The average Bonchev–Trinajstić information content (AvgIpc) is 3.42. The third kappa shape index (κ3) is 9.18. The fraction of sp³-hybridized carbons (Fsp3) is 0.412. The van der Waals surface area contributed by atoms with Gasteiger partial charge in [0.2, 0.25) is 12.8 Å². The van der Waals surface area contributed by atoms with E-state index in [0.29, 0.717) is 54.9 Å². The Bertz CT molecular complexity index is 1560. The van der Waals surface area contributed by atoms with Gasteiger partial charge in [0, 0.05) is 117 Å². The van der Waals surface area contributed by atoms with E-state index < -0.39 is 6.86 Å². The molecule has 1 amide bonds. The highest BCUT2D eigenvalue weighted by molar-refractivity contribution is 6.35. The molecule has 0 bridgehead atoms. The molecule has 5 rings (SSSR count). The molecule has 9 nitrogen and oxygen atoms in total. The van der Waals surface area contributed by atoms with Crippen molar-refractivity contribution in [2.24, 2.45) is 5.73 Å². The van der Waals surface area contributed by atoms with Crippen LogP contribution in [0.2, 0.25) is 10.0 Å². The Balaban J connectivity index is 1.25. The standard InChI is InChI=1S/C34H42Cl2FN7O2/c35-31-3-1-4-32(36)30(31)22-43-17-15-42(16-18-43)21-25-19-28-29(26-5-7-27(8-6-26)46-24-37)23-44(34(28)41-20-25)14-2-11-40-33(45)9-12-39-13-10-38/h1,3-8,19-20,23,39H,2,9-18,21-22,24,38H2,(H,40,45). The van der Waals surface area contributed by atoms with Gasteiger partial charge in [-0.25, -0.2) is 9.37 Å². The predicted octanol–water partition coefficient (Wildman–Crippen LogP) is 5.08. The minimum atomic E-state index is -0.866. The zero-order valence-electron chi connectivity index (χ0n) is 26.0. The lowest BCUT2D eigenvalue weighted by Crippen LogP contribution is -2.45. The van der Waals surface area contributed by atoms with Crippen molar-refractivity contribution in [3.8, 4) is 16.9 Å². The van der Waals surface area contributed by atoms with Gasteiger partial charge in [0.1, 0.15) is 11.4 Å². The highest BCUT2D eigenvalue weighted by Crippen LogP contribution is 2.32.